The Morgan fingerprint density at radius 3 is 2.23 bits per heavy atom. The lowest BCUT2D eigenvalue weighted by Crippen LogP contribution is -2.18. The van der Waals surface area contributed by atoms with E-state index in [4.69, 9.17) is 25.8 Å². The highest BCUT2D eigenvalue weighted by molar-refractivity contribution is 6.32. The van der Waals surface area contributed by atoms with Crippen molar-refractivity contribution in [2.75, 3.05) is 39.3 Å². The molecule has 0 N–H and O–H groups in total. The van der Waals surface area contributed by atoms with Gasteiger partial charge in [0.25, 0.3) is 0 Å². The largest absolute Gasteiger partial charge is 0.496 e. The fraction of sp³-hybridized carbons (Fsp3) is 0.350. The van der Waals surface area contributed by atoms with Crippen LogP contribution in [0.3, 0.4) is 0 Å². The van der Waals surface area contributed by atoms with Crippen LogP contribution >= 0.6 is 11.6 Å². The maximum atomic E-state index is 6.16. The Balaban J connectivity index is 1.92. The number of halogens is 1. The maximum absolute atomic E-state index is 6.16. The molecule has 0 amide bonds. The van der Waals surface area contributed by atoms with Crippen LogP contribution in [0.2, 0.25) is 5.02 Å². The fourth-order valence-electron chi connectivity index (χ4n) is 3.09. The monoisotopic (exact) mass is 374 g/mol. The third kappa shape index (κ3) is 3.88. The summed E-state index contributed by atoms with van der Waals surface area (Å²) in [5, 5.41) is 0.524. The average Bonchev–Trinajstić information content (AvgIpc) is 3.20. The van der Waals surface area contributed by atoms with Gasteiger partial charge in [-0.3, -0.25) is 4.99 Å². The molecule has 1 saturated heterocycles. The Morgan fingerprint density at radius 2 is 1.62 bits per heavy atom. The zero-order chi connectivity index (χ0) is 18.5. The quantitative estimate of drug-likeness (QED) is 0.686. The highest BCUT2D eigenvalue weighted by atomic mass is 35.5. The van der Waals surface area contributed by atoms with Crippen molar-refractivity contribution in [3.05, 3.63) is 40.9 Å². The van der Waals surface area contributed by atoms with Crippen molar-refractivity contribution >= 4 is 29.2 Å². The van der Waals surface area contributed by atoms with E-state index in [2.05, 4.69) is 9.89 Å². The van der Waals surface area contributed by atoms with Crippen molar-refractivity contribution < 1.29 is 14.2 Å². The molecule has 1 aliphatic heterocycles. The lowest BCUT2D eigenvalue weighted by Gasteiger charge is -2.22. The predicted molar refractivity (Wildman–Crippen MR) is 106 cm³/mol. The zero-order valence-corrected chi connectivity index (χ0v) is 16.0. The summed E-state index contributed by atoms with van der Waals surface area (Å²) in [5.74, 6) is 2.21. The number of aliphatic imine (C=N–C) groups is 1. The summed E-state index contributed by atoms with van der Waals surface area (Å²) in [6.07, 6.45) is 4.16. The molecule has 138 valence electrons. The van der Waals surface area contributed by atoms with Gasteiger partial charge in [-0.1, -0.05) is 11.6 Å². The van der Waals surface area contributed by atoms with Crippen molar-refractivity contribution in [3.63, 3.8) is 0 Å². The first kappa shape index (κ1) is 18.4. The van der Waals surface area contributed by atoms with Gasteiger partial charge in [0.05, 0.1) is 37.7 Å². The second-order valence-corrected chi connectivity index (χ2v) is 6.44. The van der Waals surface area contributed by atoms with E-state index in [9.17, 15) is 0 Å². The minimum atomic E-state index is 0.524. The number of benzene rings is 2. The van der Waals surface area contributed by atoms with Gasteiger partial charge in [0, 0.05) is 30.9 Å². The van der Waals surface area contributed by atoms with Crippen LogP contribution in [0.15, 0.2) is 35.3 Å². The third-order valence-electron chi connectivity index (χ3n) is 4.47. The summed E-state index contributed by atoms with van der Waals surface area (Å²) < 4.78 is 16.3. The number of nitrogens with zero attached hydrogens (tertiary/aromatic N) is 2. The van der Waals surface area contributed by atoms with Gasteiger partial charge in [0.1, 0.15) is 17.2 Å². The number of hydrogen-bond acceptors (Lipinski definition) is 5. The minimum absolute atomic E-state index is 0.524. The number of anilines is 1. The smallest absolute Gasteiger partial charge is 0.143 e. The fourth-order valence-corrected chi connectivity index (χ4v) is 3.34. The molecule has 0 unspecified atom stereocenters. The van der Waals surface area contributed by atoms with Crippen LogP contribution in [0.5, 0.6) is 17.2 Å². The molecule has 0 aliphatic carbocycles. The molecule has 1 heterocycles. The van der Waals surface area contributed by atoms with Crippen LogP contribution in [0.25, 0.3) is 0 Å². The number of rotatable bonds is 6. The van der Waals surface area contributed by atoms with E-state index in [-0.39, 0.29) is 0 Å². The third-order valence-corrected chi connectivity index (χ3v) is 4.76. The van der Waals surface area contributed by atoms with Crippen molar-refractivity contribution in [1.82, 2.24) is 0 Å². The standard InChI is InChI=1S/C20H23ClN2O3/c1-24-18-7-6-15(11-16(18)21)22-13-14-10-20(26-3)17(12-19(14)25-2)23-8-4-5-9-23/h6-7,10-13H,4-5,8-9H2,1-3H3. The average molecular weight is 375 g/mol. The molecule has 26 heavy (non-hydrogen) atoms. The molecule has 0 spiro atoms. The Kier molecular flexibility index (Phi) is 5.89. The van der Waals surface area contributed by atoms with Gasteiger partial charge in [0.2, 0.25) is 0 Å². The van der Waals surface area contributed by atoms with Gasteiger partial charge in [0.15, 0.2) is 0 Å². The topological polar surface area (TPSA) is 43.3 Å². The van der Waals surface area contributed by atoms with Crippen LogP contribution in [0, 0.1) is 0 Å². The summed E-state index contributed by atoms with van der Waals surface area (Å²) in [6, 6.07) is 9.39. The molecule has 0 radical (unpaired) electrons. The summed E-state index contributed by atoms with van der Waals surface area (Å²) in [6.45, 7) is 2.08. The minimum Gasteiger partial charge on any atom is -0.496 e. The highest BCUT2D eigenvalue weighted by Crippen LogP contribution is 2.37. The van der Waals surface area contributed by atoms with E-state index >= 15 is 0 Å². The molecule has 0 bridgehead atoms. The molecule has 2 aromatic carbocycles. The molecule has 0 saturated carbocycles. The molecular weight excluding hydrogens is 352 g/mol. The van der Waals surface area contributed by atoms with Crippen molar-refractivity contribution in [2.24, 2.45) is 4.99 Å². The van der Waals surface area contributed by atoms with E-state index in [1.165, 1.54) is 12.8 Å². The molecule has 0 atom stereocenters. The molecule has 2 aromatic rings. The van der Waals surface area contributed by atoms with Crippen LogP contribution in [-0.2, 0) is 0 Å². The van der Waals surface area contributed by atoms with Crippen LogP contribution in [0.4, 0.5) is 11.4 Å². The zero-order valence-electron chi connectivity index (χ0n) is 15.3. The van der Waals surface area contributed by atoms with Gasteiger partial charge in [-0.05, 0) is 37.1 Å². The van der Waals surface area contributed by atoms with E-state index in [0.29, 0.717) is 10.8 Å². The molecule has 5 nitrogen and oxygen atoms in total. The normalized spacial score (nSPS) is 14.1. The number of methoxy groups -OCH3 is 3. The molecule has 1 fully saturated rings. The summed E-state index contributed by atoms with van der Waals surface area (Å²) in [5.41, 5.74) is 2.64. The van der Waals surface area contributed by atoms with Gasteiger partial charge >= 0.3 is 0 Å². The van der Waals surface area contributed by atoms with E-state index in [0.717, 1.165) is 41.5 Å². The second-order valence-electron chi connectivity index (χ2n) is 6.04. The van der Waals surface area contributed by atoms with Gasteiger partial charge in [-0.15, -0.1) is 0 Å². The number of hydrogen-bond donors (Lipinski definition) is 0. The maximum Gasteiger partial charge on any atom is 0.143 e. The first-order valence-electron chi connectivity index (χ1n) is 8.55. The Hall–Kier alpha value is -2.40. The second kappa shape index (κ2) is 8.32. The van der Waals surface area contributed by atoms with E-state index in [1.807, 2.05) is 18.2 Å². The molecular formula is C20H23ClN2O3. The summed E-state index contributed by atoms with van der Waals surface area (Å²) in [7, 11) is 4.94. The van der Waals surface area contributed by atoms with Crippen molar-refractivity contribution in [2.45, 2.75) is 12.8 Å². The predicted octanol–water partition coefficient (Wildman–Crippen LogP) is 4.72. The SMILES string of the molecule is COc1ccc(N=Cc2cc(OC)c(N3CCCC3)cc2OC)cc1Cl. The van der Waals surface area contributed by atoms with E-state index in [1.54, 1.807) is 39.7 Å². The van der Waals surface area contributed by atoms with Crippen molar-refractivity contribution in [1.29, 1.82) is 0 Å². The molecule has 0 aromatic heterocycles. The Bertz CT molecular complexity index is 802. The van der Waals surface area contributed by atoms with Crippen molar-refractivity contribution in [3.8, 4) is 17.2 Å². The van der Waals surface area contributed by atoms with Crippen LogP contribution < -0.4 is 19.1 Å². The lowest BCUT2D eigenvalue weighted by atomic mass is 10.1. The summed E-state index contributed by atoms with van der Waals surface area (Å²) >= 11 is 6.16. The first-order valence-corrected chi connectivity index (χ1v) is 8.92. The molecule has 3 rings (SSSR count). The van der Waals surface area contributed by atoms with Gasteiger partial charge in [-0.2, -0.15) is 0 Å². The number of ether oxygens (including phenoxy) is 3. The summed E-state index contributed by atoms with van der Waals surface area (Å²) in [4.78, 5) is 6.83. The van der Waals surface area contributed by atoms with Crippen LogP contribution in [0.1, 0.15) is 18.4 Å². The molecule has 1 aliphatic rings. The van der Waals surface area contributed by atoms with E-state index < -0.39 is 0 Å². The van der Waals surface area contributed by atoms with Gasteiger partial charge in [-0.25, -0.2) is 0 Å². The highest BCUT2D eigenvalue weighted by Gasteiger charge is 2.19. The first-order chi connectivity index (χ1) is 12.7. The Morgan fingerprint density at radius 1 is 0.923 bits per heavy atom. The van der Waals surface area contributed by atoms with Gasteiger partial charge < -0.3 is 19.1 Å². The Labute approximate surface area is 159 Å². The molecule has 6 heteroatoms. The lowest BCUT2D eigenvalue weighted by molar-refractivity contribution is 0.402. The van der Waals surface area contributed by atoms with Crippen LogP contribution in [-0.4, -0.2) is 40.6 Å².